The van der Waals surface area contributed by atoms with Gasteiger partial charge in [0.25, 0.3) is 0 Å². The van der Waals surface area contributed by atoms with Crippen molar-refractivity contribution in [3.05, 3.63) is 0 Å². The Bertz CT molecular complexity index is 233. The monoisotopic (exact) mass is 214 g/mol. The van der Waals surface area contributed by atoms with E-state index in [0.29, 0.717) is 6.54 Å². The van der Waals surface area contributed by atoms with Gasteiger partial charge in [0, 0.05) is 25.3 Å². The summed E-state index contributed by atoms with van der Waals surface area (Å²) in [4.78, 5) is 11.9. The van der Waals surface area contributed by atoms with Gasteiger partial charge in [-0.2, -0.15) is 0 Å². The van der Waals surface area contributed by atoms with Crippen LogP contribution in [0.2, 0.25) is 0 Å². The van der Waals surface area contributed by atoms with Crippen LogP contribution in [0.25, 0.3) is 0 Å². The highest BCUT2D eigenvalue weighted by Gasteiger charge is 2.34. The Labute approximate surface area is 91.5 Å². The fourth-order valence-electron chi connectivity index (χ4n) is 1.48. The molecular formula is C11H22N2O2. The molecule has 0 atom stereocenters. The van der Waals surface area contributed by atoms with Crippen molar-refractivity contribution in [2.24, 2.45) is 11.1 Å². The van der Waals surface area contributed by atoms with Crippen LogP contribution in [0.15, 0.2) is 0 Å². The average molecular weight is 214 g/mol. The summed E-state index contributed by atoms with van der Waals surface area (Å²) in [7, 11) is 0. The van der Waals surface area contributed by atoms with Crippen LogP contribution in [0, 0.1) is 5.41 Å². The topological polar surface area (TPSA) is 64.4 Å². The van der Waals surface area contributed by atoms with E-state index in [1.807, 2.05) is 13.8 Å². The number of rotatable bonds is 3. The molecule has 4 nitrogen and oxygen atoms in total. The molecule has 3 N–H and O–H groups in total. The second-order valence-electron chi connectivity index (χ2n) is 5.22. The smallest absolute Gasteiger partial charge is 0.227 e. The Hall–Kier alpha value is -0.610. The van der Waals surface area contributed by atoms with Crippen molar-refractivity contribution < 1.29 is 9.53 Å². The van der Waals surface area contributed by atoms with Gasteiger partial charge in [0.05, 0.1) is 5.41 Å². The first-order valence-corrected chi connectivity index (χ1v) is 5.50. The molecule has 0 aromatic heterocycles. The molecule has 88 valence electrons. The minimum absolute atomic E-state index is 0.0365. The molecule has 0 aromatic rings. The number of amides is 1. The number of carbonyl (C=O) groups is 1. The fraction of sp³-hybridized carbons (Fsp3) is 0.909. The maximum atomic E-state index is 11.9. The van der Waals surface area contributed by atoms with Crippen molar-refractivity contribution in [2.45, 2.75) is 39.2 Å². The van der Waals surface area contributed by atoms with Gasteiger partial charge in [-0.15, -0.1) is 0 Å². The van der Waals surface area contributed by atoms with Gasteiger partial charge >= 0.3 is 0 Å². The van der Waals surface area contributed by atoms with Crippen molar-refractivity contribution in [3.63, 3.8) is 0 Å². The summed E-state index contributed by atoms with van der Waals surface area (Å²) >= 11 is 0. The van der Waals surface area contributed by atoms with E-state index in [2.05, 4.69) is 12.2 Å². The molecule has 1 heterocycles. The lowest BCUT2D eigenvalue weighted by Gasteiger charge is -2.37. The van der Waals surface area contributed by atoms with E-state index >= 15 is 0 Å². The van der Waals surface area contributed by atoms with Crippen LogP contribution in [0.4, 0.5) is 0 Å². The maximum absolute atomic E-state index is 11.9. The minimum atomic E-state index is -0.485. The van der Waals surface area contributed by atoms with E-state index in [9.17, 15) is 4.79 Å². The number of nitrogens with two attached hydrogens (primary N) is 1. The molecule has 0 aliphatic carbocycles. The Balaban J connectivity index is 2.56. The Morgan fingerprint density at radius 2 is 2.00 bits per heavy atom. The van der Waals surface area contributed by atoms with E-state index in [1.165, 1.54) is 0 Å². The number of carbonyl (C=O) groups excluding carboxylic acids is 1. The van der Waals surface area contributed by atoms with E-state index in [0.717, 1.165) is 26.1 Å². The Morgan fingerprint density at radius 1 is 1.47 bits per heavy atom. The van der Waals surface area contributed by atoms with Crippen LogP contribution < -0.4 is 11.1 Å². The van der Waals surface area contributed by atoms with Gasteiger partial charge < -0.3 is 15.8 Å². The van der Waals surface area contributed by atoms with Crippen molar-refractivity contribution >= 4 is 5.91 Å². The second-order valence-corrected chi connectivity index (χ2v) is 5.22. The third kappa shape index (κ3) is 3.18. The van der Waals surface area contributed by atoms with E-state index in [1.54, 1.807) is 0 Å². The third-order valence-corrected chi connectivity index (χ3v) is 3.14. The molecule has 0 aromatic carbocycles. The molecule has 1 aliphatic rings. The van der Waals surface area contributed by atoms with E-state index in [4.69, 9.17) is 10.5 Å². The molecule has 1 aliphatic heterocycles. The SMILES string of the molecule is CC1(NC(=O)C(C)(C)CN)CCOCC1. The molecule has 0 unspecified atom stereocenters. The number of nitrogens with one attached hydrogen (secondary N) is 1. The van der Waals surface area contributed by atoms with Gasteiger partial charge in [-0.25, -0.2) is 0 Å². The van der Waals surface area contributed by atoms with Gasteiger partial charge in [-0.05, 0) is 33.6 Å². The van der Waals surface area contributed by atoms with Gasteiger partial charge in [0.1, 0.15) is 0 Å². The zero-order chi connectivity index (χ0) is 11.5. The summed E-state index contributed by atoms with van der Waals surface area (Å²) in [5, 5.41) is 3.09. The molecule has 1 saturated heterocycles. The Kier molecular flexibility index (Phi) is 3.73. The minimum Gasteiger partial charge on any atom is -0.381 e. The van der Waals surface area contributed by atoms with Crippen molar-refractivity contribution in [3.8, 4) is 0 Å². The lowest BCUT2D eigenvalue weighted by molar-refractivity contribution is -0.131. The first kappa shape index (κ1) is 12.5. The van der Waals surface area contributed by atoms with Crippen LogP contribution in [-0.4, -0.2) is 31.2 Å². The molecule has 15 heavy (non-hydrogen) atoms. The quantitative estimate of drug-likeness (QED) is 0.725. The third-order valence-electron chi connectivity index (χ3n) is 3.14. The molecule has 1 amide bonds. The molecule has 0 spiro atoms. The standard InChI is InChI=1S/C11H22N2O2/c1-10(2,8-12)9(14)13-11(3)4-6-15-7-5-11/h4-8,12H2,1-3H3,(H,13,14). The molecule has 0 bridgehead atoms. The zero-order valence-corrected chi connectivity index (χ0v) is 9.93. The summed E-state index contributed by atoms with van der Waals surface area (Å²) in [6.07, 6.45) is 1.75. The first-order valence-electron chi connectivity index (χ1n) is 5.50. The van der Waals surface area contributed by atoms with Gasteiger partial charge in [-0.1, -0.05) is 0 Å². The van der Waals surface area contributed by atoms with Crippen LogP contribution in [0.1, 0.15) is 33.6 Å². The maximum Gasteiger partial charge on any atom is 0.227 e. The molecule has 1 fully saturated rings. The van der Waals surface area contributed by atoms with Crippen LogP contribution >= 0.6 is 0 Å². The van der Waals surface area contributed by atoms with E-state index < -0.39 is 5.41 Å². The predicted molar refractivity (Wildman–Crippen MR) is 59.4 cm³/mol. The summed E-state index contributed by atoms with van der Waals surface area (Å²) in [5.41, 5.74) is 4.96. The van der Waals surface area contributed by atoms with Crippen LogP contribution in [-0.2, 0) is 9.53 Å². The highest BCUT2D eigenvalue weighted by atomic mass is 16.5. The summed E-state index contributed by atoms with van der Waals surface area (Å²) in [6, 6.07) is 0. The van der Waals surface area contributed by atoms with E-state index in [-0.39, 0.29) is 11.4 Å². The van der Waals surface area contributed by atoms with Gasteiger partial charge in [-0.3, -0.25) is 4.79 Å². The second kappa shape index (κ2) is 4.49. The van der Waals surface area contributed by atoms with Crippen molar-refractivity contribution in [1.29, 1.82) is 0 Å². The van der Waals surface area contributed by atoms with Crippen LogP contribution in [0.3, 0.4) is 0 Å². The predicted octanol–water partition coefficient (Wildman–Crippen LogP) is 0.657. The summed E-state index contributed by atoms with van der Waals surface area (Å²) < 4.78 is 5.28. The van der Waals surface area contributed by atoms with Gasteiger partial charge in [0.15, 0.2) is 0 Å². The normalized spacial score (nSPS) is 21.1. The molecule has 0 saturated carbocycles. The fourth-order valence-corrected chi connectivity index (χ4v) is 1.48. The average Bonchev–Trinajstić information content (AvgIpc) is 2.18. The molecule has 1 rings (SSSR count). The lowest BCUT2D eigenvalue weighted by Crippen LogP contribution is -2.54. The molecule has 0 radical (unpaired) electrons. The summed E-state index contributed by atoms with van der Waals surface area (Å²) in [6.45, 7) is 7.61. The highest BCUT2D eigenvalue weighted by molar-refractivity contribution is 5.82. The molecular weight excluding hydrogens is 192 g/mol. The number of ether oxygens (including phenoxy) is 1. The largest absolute Gasteiger partial charge is 0.381 e. The number of hydrogen-bond acceptors (Lipinski definition) is 3. The van der Waals surface area contributed by atoms with Crippen molar-refractivity contribution in [1.82, 2.24) is 5.32 Å². The number of hydrogen-bond donors (Lipinski definition) is 2. The first-order chi connectivity index (χ1) is 6.90. The van der Waals surface area contributed by atoms with Gasteiger partial charge in [0.2, 0.25) is 5.91 Å². The highest BCUT2D eigenvalue weighted by Crippen LogP contribution is 2.22. The van der Waals surface area contributed by atoms with Crippen molar-refractivity contribution in [2.75, 3.05) is 19.8 Å². The Morgan fingerprint density at radius 3 is 2.47 bits per heavy atom. The van der Waals surface area contributed by atoms with Crippen LogP contribution in [0.5, 0.6) is 0 Å². The zero-order valence-electron chi connectivity index (χ0n) is 9.93. The molecule has 4 heteroatoms. The lowest BCUT2D eigenvalue weighted by atomic mass is 9.87. The summed E-state index contributed by atoms with van der Waals surface area (Å²) in [5.74, 6) is 0.0365.